The van der Waals surface area contributed by atoms with Crippen molar-refractivity contribution in [2.45, 2.75) is 38.8 Å². The van der Waals surface area contributed by atoms with Crippen LogP contribution in [0.25, 0.3) is 11.3 Å². The number of benzene rings is 1. The molecule has 138 valence electrons. The van der Waals surface area contributed by atoms with Gasteiger partial charge in [0.05, 0.1) is 5.69 Å². The summed E-state index contributed by atoms with van der Waals surface area (Å²) in [6.07, 6.45) is 3.81. The van der Waals surface area contributed by atoms with E-state index in [4.69, 9.17) is 4.74 Å². The van der Waals surface area contributed by atoms with E-state index in [9.17, 15) is 4.79 Å². The lowest BCUT2D eigenvalue weighted by atomic mass is 10.0. The van der Waals surface area contributed by atoms with Crippen molar-refractivity contribution in [2.24, 2.45) is 7.05 Å². The summed E-state index contributed by atoms with van der Waals surface area (Å²) in [6, 6.07) is 8.49. The van der Waals surface area contributed by atoms with Crippen molar-refractivity contribution < 1.29 is 9.53 Å². The third-order valence-electron chi connectivity index (χ3n) is 5.50. The second-order valence-electron chi connectivity index (χ2n) is 7.22. The van der Waals surface area contributed by atoms with Gasteiger partial charge in [0.15, 0.2) is 5.69 Å². The van der Waals surface area contributed by atoms with Crippen molar-refractivity contribution >= 4 is 5.91 Å². The first-order valence-electron chi connectivity index (χ1n) is 9.45. The number of hydrogen-bond donors (Lipinski definition) is 1. The molecule has 0 spiro atoms. The molecule has 6 heteroatoms. The Kier molecular flexibility index (Phi) is 4.68. The van der Waals surface area contributed by atoms with Crippen LogP contribution < -0.4 is 10.1 Å². The molecule has 26 heavy (non-hydrogen) atoms. The number of fused-ring (bicyclic) bond motifs is 3. The highest BCUT2D eigenvalue weighted by molar-refractivity contribution is 5.96. The summed E-state index contributed by atoms with van der Waals surface area (Å²) < 4.78 is 7.62. The molecular formula is C20H26N4O2. The minimum absolute atomic E-state index is 0.116. The monoisotopic (exact) mass is 354 g/mol. The van der Waals surface area contributed by atoms with E-state index < -0.39 is 0 Å². The maximum absolute atomic E-state index is 12.7. The molecule has 1 aromatic carbocycles. The number of nitrogens with zero attached hydrogens (tertiary/aromatic N) is 3. The highest BCUT2D eigenvalue weighted by atomic mass is 16.5. The van der Waals surface area contributed by atoms with E-state index in [1.807, 2.05) is 31.3 Å². The number of hydrogen-bond acceptors (Lipinski definition) is 4. The lowest BCUT2D eigenvalue weighted by molar-refractivity contribution is 0.0930. The van der Waals surface area contributed by atoms with Crippen molar-refractivity contribution in [2.75, 3.05) is 19.6 Å². The van der Waals surface area contributed by atoms with Gasteiger partial charge in [-0.2, -0.15) is 5.10 Å². The number of rotatable bonds is 4. The van der Waals surface area contributed by atoms with E-state index >= 15 is 0 Å². The standard InChI is InChI=1S/C20H26N4O2/c1-14-7-5-6-11-24(14)12-10-21-20(25)18-16-13-26-17-9-4-3-8-15(17)19(16)23(2)22-18/h3-4,8-9,14H,5-7,10-13H2,1-2H3,(H,21,25). The van der Waals surface area contributed by atoms with Gasteiger partial charge in [0.25, 0.3) is 5.91 Å². The fraction of sp³-hybridized carbons (Fsp3) is 0.500. The minimum atomic E-state index is -0.116. The third-order valence-corrected chi connectivity index (χ3v) is 5.50. The van der Waals surface area contributed by atoms with Gasteiger partial charge in [-0.1, -0.05) is 18.6 Å². The molecule has 2 aliphatic heterocycles. The number of carbonyl (C=O) groups excluding carboxylic acids is 1. The van der Waals surface area contributed by atoms with Crippen LogP contribution in [0.5, 0.6) is 5.75 Å². The summed E-state index contributed by atoms with van der Waals surface area (Å²) in [4.78, 5) is 15.2. The molecule has 1 atom stereocenters. The maximum atomic E-state index is 12.7. The first kappa shape index (κ1) is 17.1. The fourth-order valence-electron chi connectivity index (χ4n) is 4.05. The number of aryl methyl sites for hydroxylation is 1. The van der Waals surface area contributed by atoms with Gasteiger partial charge in [0.2, 0.25) is 0 Å². The van der Waals surface area contributed by atoms with Crippen LogP contribution in [0, 0.1) is 0 Å². The Bertz CT molecular complexity index is 814. The number of nitrogens with one attached hydrogen (secondary N) is 1. The van der Waals surface area contributed by atoms with Gasteiger partial charge in [-0.05, 0) is 38.4 Å². The van der Waals surface area contributed by atoms with Gasteiger partial charge in [0, 0.05) is 37.3 Å². The maximum Gasteiger partial charge on any atom is 0.272 e. The molecule has 1 saturated heterocycles. The van der Waals surface area contributed by atoms with Crippen LogP contribution in [0.3, 0.4) is 0 Å². The van der Waals surface area contributed by atoms with Crippen LogP contribution in [0.4, 0.5) is 0 Å². The molecule has 6 nitrogen and oxygen atoms in total. The van der Waals surface area contributed by atoms with Crippen molar-refractivity contribution in [3.8, 4) is 17.0 Å². The third kappa shape index (κ3) is 3.09. The molecule has 4 rings (SSSR count). The second kappa shape index (κ2) is 7.11. The molecule has 1 aromatic heterocycles. The molecule has 0 bridgehead atoms. The number of aromatic nitrogens is 2. The van der Waals surface area contributed by atoms with Gasteiger partial charge in [-0.25, -0.2) is 0 Å². The number of carbonyl (C=O) groups is 1. The molecule has 1 N–H and O–H groups in total. The SMILES string of the molecule is CC1CCCCN1CCNC(=O)c1nn(C)c2c1COc1ccccc1-2. The Morgan fingerprint density at radius 2 is 2.19 bits per heavy atom. The fourth-order valence-corrected chi connectivity index (χ4v) is 4.05. The quantitative estimate of drug-likeness (QED) is 0.917. The molecule has 3 heterocycles. The lowest BCUT2D eigenvalue weighted by Crippen LogP contribution is -2.42. The molecule has 0 saturated carbocycles. The van der Waals surface area contributed by atoms with Crippen molar-refractivity contribution in [3.05, 3.63) is 35.5 Å². The number of para-hydroxylation sites is 1. The van der Waals surface area contributed by atoms with Crippen LogP contribution in [-0.4, -0.2) is 46.3 Å². The molecule has 0 aliphatic carbocycles. The Morgan fingerprint density at radius 3 is 3.04 bits per heavy atom. The van der Waals surface area contributed by atoms with E-state index in [1.54, 1.807) is 4.68 Å². The predicted molar refractivity (Wildman–Crippen MR) is 100 cm³/mol. The molecular weight excluding hydrogens is 328 g/mol. The summed E-state index contributed by atoms with van der Waals surface area (Å²) in [5.74, 6) is 0.725. The van der Waals surface area contributed by atoms with Gasteiger partial charge < -0.3 is 10.1 Å². The Hall–Kier alpha value is -2.34. The van der Waals surface area contributed by atoms with Crippen LogP contribution in [-0.2, 0) is 13.7 Å². The van der Waals surface area contributed by atoms with Gasteiger partial charge in [-0.3, -0.25) is 14.4 Å². The van der Waals surface area contributed by atoms with Crippen LogP contribution in [0.15, 0.2) is 24.3 Å². The zero-order valence-corrected chi connectivity index (χ0v) is 15.5. The lowest BCUT2D eigenvalue weighted by Gasteiger charge is -2.33. The summed E-state index contributed by atoms with van der Waals surface area (Å²) in [7, 11) is 1.88. The Balaban J connectivity index is 1.46. The highest BCUT2D eigenvalue weighted by Gasteiger charge is 2.28. The van der Waals surface area contributed by atoms with Crippen LogP contribution in [0.2, 0.25) is 0 Å². The van der Waals surface area contributed by atoms with E-state index in [-0.39, 0.29) is 5.91 Å². The normalized spacial score (nSPS) is 19.4. The summed E-state index contributed by atoms with van der Waals surface area (Å²) in [6.45, 7) is 5.31. The van der Waals surface area contributed by atoms with Crippen molar-refractivity contribution in [3.63, 3.8) is 0 Å². The Labute approximate surface area is 154 Å². The molecule has 1 fully saturated rings. The Morgan fingerprint density at radius 1 is 1.35 bits per heavy atom. The molecule has 1 unspecified atom stereocenters. The van der Waals surface area contributed by atoms with E-state index in [1.165, 1.54) is 19.3 Å². The first-order chi connectivity index (χ1) is 12.6. The minimum Gasteiger partial charge on any atom is -0.488 e. The zero-order chi connectivity index (χ0) is 18.1. The number of piperidine rings is 1. The summed E-state index contributed by atoms with van der Waals surface area (Å²) in [5.41, 5.74) is 3.31. The molecule has 1 amide bonds. The first-order valence-corrected chi connectivity index (χ1v) is 9.45. The molecule has 2 aromatic rings. The smallest absolute Gasteiger partial charge is 0.272 e. The number of ether oxygens (including phenoxy) is 1. The van der Waals surface area contributed by atoms with E-state index in [0.29, 0.717) is 24.9 Å². The largest absolute Gasteiger partial charge is 0.488 e. The average Bonchev–Trinajstić information content (AvgIpc) is 3.00. The van der Waals surface area contributed by atoms with Crippen molar-refractivity contribution in [1.29, 1.82) is 0 Å². The van der Waals surface area contributed by atoms with Crippen molar-refractivity contribution in [1.82, 2.24) is 20.0 Å². The van der Waals surface area contributed by atoms with E-state index in [0.717, 1.165) is 35.7 Å². The highest BCUT2D eigenvalue weighted by Crippen LogP contribution is 2.38. The molecule has 0 radical (unpaired) electrons. The van der Waals surface area contributed by atoms with Crippen LogP contribution in [0.1, 0.15) is 42.2 Å². The zero-order valence-electron chi connectivity index (χ0n) is 15.5. The number of amides is 1. The topological polar surface area (TPSA) is 59.4 Å². The summed E-state index contributed by atoms with van der Waals surface area (Å²) in [5, 5.41) is 7.52. The predicted octanol–water partition coefficient (Wildman–Crippen LogP) is 2.58. The summed E-state index contributed by atoms with van der Waals surface area (Å²) >= 11 is 0. The second-order valence-corrected chi connectivity index (χ2v) is 7.22. The van der Waals surface area contributed by atoms with Gasteiger partial charge in [-0.15, -0.1) is 0 Å². The number of likely N-dealkylation sites (tertiary alicyclic amines) is 1. The van der Waals surface area contributed by atoms with E-state index in [2.05, 4.69) is 22.2 Å². The average molecular weight is 354 g/mol. The van der Waals surface area contributed by atoms with Gasteiger partial charge in [0.1, 0.15) is 12.4 Å². The molecule has 2 aliphatic rings. The van der Waals surface area contributed by atoms with Crippen LogP contribution >= 0.6 is 0 Å². The van der Waals surface area contributed by atoms with Gasteiger partial charge >= 0.3 is 0 Å².